The third kappa shape index (κ3) is 3.83. The van der Waals surface area contributed by atoms with E-state index in [4.69, 9.17) is 10.5 Å². The predicted molar refractivity (Wildman–Crippen MR) is 83.9 cm³/mol. The minimum absolute atomic E-state index is 0.196. The van der Waals surface area contributed by atoms with E-state index in [0.717, 1.165) is 48.0 Å². The predicted octanol–water partition coefficient (Wildman–Crippen LogP) is 3.33. The van der Waals surface area contributed by atoms with Gasteiger partial charge < -0.3 is 10.5 Å². The van der Waals surface area contributed by atoms with Crippen molar-refractivity contribution in [3.8, 4) is 5.75 Å². The second-order valence-electron chi connectivity index (χ2n) is 5.55. The van der Waals surface area contributed by atoms with Crippen LogP contribution in [0.25, 0.3) is 0 Å². The Morgan fingerprint density at radius 3 is 2.65 bits per heavy atom. The molecule has 4 heteroatoms. The topological polar surface area (TPSA) is 52.3 Å². The Kier molecular flexibility index (Phi) is 5.61. The molecular weight excluding hydrogens is 318 g/mol. The van der Waals surface area contributed by atoms with Crippen LogP contribution in [0.15, 0.2) is 22.7 Å². The zero-order chi connectivity index (χ0) is 14.5. The summed E-state index contributed by atoms with van der Waals surface area (Å²) in [4.78, 5) is 12.4. The van der Waals surface area contributed by atoms with Crippen molar-refractivity contribution in [2.45, 2.75) is 32.1 Å². The summed E-state index contributed by atoms with van der Waals surface area (Å²) in [6.07, 6.45) is 4.60. The maximum absolute atomic E-state index is 12.4. The number of carbonyl (C=O) groups excluding carboxylic acids is 1. The number of Topliss-reactive ketones (excluding diaryl/α,β-unsaturated/α-hetero) is 1. The Morgan fingerprint density at radius 2 is 2.05 bits per heavy atom. The highest BCUT2D eigenvalue weighted by atomic mass is 79.9. The normalized spacial score (nSPS) is 22.6. The monoisotopic (exact) mass is 339 g/mol. The molecule has 0 atom stereocenters. The number of hydrogen-bond donors (Lipinski definition) is 1. The number of methoxy groups -OCH3 is 1. The number of benzene rings is 1. The molecule has 0 aromatic heterocycles. The molecule has 20 heavy (non-hydrogen) atoms. The van der Waals surface area contributed by atoms with Gasteiger partial charge in [-0.3, -0.25) is 4.79 Å². The second-order valence-corrected chi connectivity index (χ2v) is 6.47. The van der Waals surface area contributed by atoms with Gasteiger partial charge in [0.05, 0.1) is 7.11 Å². The van der Waals surface area contributed by atoms with Crippen molar-refractivity contribution in [1.29, 1.82) is 0 Å². The summed E-state index contributed by atoms with van der Waals surface area (Å²) in [5.41, 5.74) is 6.66. The van der Waals surface area contributed by atoms with E-state index < -0.39 is 0 Å². The summed E-state index contributed by atoms with van der Waals surface area (Å²) in [5, 5.41) is 0. The van der Waals surface area contributed by atoms with Crippen LogP contribution in [0.1, 0.15) is 31.2 Å². The third-order valence-electron chi connectivity index (χ3n) is 4.24. The number of ketones is 1. The highest BCUT2D eigenvalue weighted by Gasteiger charge is 2.26. The lowest BCUT2D eigenvalue weighted by Crippen LogP contribution is -2.26. The molecule has 2 rings (SSSR count). The number of nitrogens with two attached hydrogens (primary N) is 1. The number of halogens is 1. The summed E-state index contributed by atoms with van der Waals surface area (Å²) in [7, 11) is 1.64. The first-order valence-corrected chi connectivity index (χ1v) is 7.98. The Hall–Kier alpha value is -0.870. The maximum atomic E-state index is 12.4. The van der Waals surface area contributed by atoms with Gasteiger partial charge in [0, 0.05) is 22.4 Å². The van der Waals surface area contributed by atoms with Gasteiger partial charge in [0.15, 0.2) is 0 Å². The van der Waals surface area contributed by atoms with Crippen LogP contribution in [0.5, 0.6) is 5.75 Å². The van der Waals surface area contributed by atoms with E-state index >= 15 is 0 Å². The van der Waals surface area contributed by atoms with Gasteiger partial charge in [-0.15, -0.1) is 0 Å². The molecule has 2 N–H and O–H groups in total. The van der Waals surface area contributed by atoms with Crippen molar-refractivity contribution >= 4 is 21.7 Å². The molecule has 0 bridgehead atoms. The van der Waals surface area contributed by atoms with E-state index in [-0.39, 0.29) is 5.92 Å². The number of rotatable bonds is 5. The minimum atomic E-state index is 0.196. The van der Waals surface area contributed by atoms with Gasteiger partial charge in [0.1, 0.15) is 11.5 Å². The first-order chi connectivity index (χ1) is 9.63. The molecule has 0 heterocycles. The van der Waals surface area contributed by atoms with Crippen molar-refractivity contribution in [2.75, 3.05) is 13.7 Å². The third-order valence-corrected chi connectivity index (χ3v) is 4.74. The molecule has 0 aliphatic heterocycles. The average molecular weight is 340 g/mol. The Balaban J connectivity index is 1.99. The molecule has 1 saturated carbocycles. The van der Waals surface area contributed by atoms with Crippen LogP contribution in [-0.2, 0) is 11.2 Å². The highest BCUT2D eigenvalue weighted by molar-refractivity contribution is 9.10. The van der Waals surface area contributed by atoms with Crippen molar-refractivity contribution in [3.63, 3.8) is 0 Å². The summed E-state index contributed by atoms with van der Waals surface area (Å²) < 4.78 is 6.31. The van der Waals surface area contributed by atoms with Gasteiger partial charge in [-0.05, 0) is 56.3 Å². The Labute approximate surface area is 129 Å². The number of carbonyl (C=O) groups is 1. The van der Waals surface area contributed by atoms with Gasteiger partial charge in [0.25, 0.3) is 0 Å². The highest BCUT2D eigenvalue weighted by Crippen LogP contribution is 2.31. The van der Waals surface area contributed by atoms with Crippen molar-refractivity contribution in [1.82, 2.24) is 0 Å². The maximum Gasteiger partial charge on any atom is 0.140 e. The van der Waals surface area contributed by atoms with E-state index in [1.54, 1.807) is 7.11 Å². The van der Waals surface area contributed by atoms with Crippen LogP contribution in [0, 0.1) is 11.8 Å². The number of ether oxygens (including phenoxy) is 1. The molecule has 0 unspecified atom stereocenters. The van der Waals surface area contributed by atoms with Crippen LogP contribution in [0.3, 0.4) is 0 Å². The van der Waals surface area contributed by atoms with E-state index in [1.165, 1.54) is 0 Å². The van der Waals surface area contributed by atoms with Crippen LogP contribution in [-0.4, -0.2) is 19.4 Å². The zero-order valence-corrected chi connectivity index (χ0v) is 13.5. The van der Waals surface area contributed by atoms with Crippen molar-refractivity contribution in [2.24, 2.45) is 17.6 Å². The first-order valence-electron chi connectivity index (χ1n) is 7.19. The molecule has 1 fully saturated rings. The molecule has 1 aliphatic rings. The van der Waals surface area contributed by atoms with Gasteiger partial charge in [-0.1, -0.05) is 15.9 Å². The van der Waals surface area contributed by atoms with E-state index in [1.807, 2.05) is 18.2 Å². The standard InChI is InChI=1S/C16H22BrNO2/c1-20-16-7-6-14(17)8-13(16)9-15(19)12-4-2-11(10-18)3-5-12/h6-8,11-12H,2-5,9-10,18H2,1H3. The summed E-state index contributed by atoms with van der Waals surface area (Å²) >= 11 is 3.45. The van der Waals surface area contributed by atoms with Crippen molar-refractivity contribution < 1.29 is 9.53 Å². The second kappa shape index (κ2) is 7.23. The van der Waals surface area contributed by atoms with Crippen LogP contribution < -0.4 is 10.5 Å². The molecular formula is C16H22BrNO2. The molecule has 0 saturated heterocycles. The summed E-state index contributed by atoms with van der Waals surface area (Å²) in [6.45, 7) is 0.750. The molecule has 1 aromatic rings. The van der Waals surface area contributed by atoms with Crippen LogP contribution in [0.4, 0.5) is 0 Å². The molecule has 3 nitrogen and oxygen atoms in total. The van der Waals surface area contributed by atoms with Crippen LogP contribution in [0.2, 0.25) is 0 Å². The Bertz CT molecular complexity index is 468. The molecule has 0 amide bonds. The molecule has 1 aromatic carbocycles. The van der Waals surface area contributed by atoms with Gasteiger partial charge in [-0.25, -0.2) is 0 Å². The molecule has 110 valence electrons. The van der Waals surface area contributed by atoms with E-state index in [9.17, 15) is 4.79 Å². The first kappa shape index (κ1) is 15.5. The lowest BCUT2D eigenvalue weighted by Gasteiger charge is -2.26. The van der Waals surface area contributed by atoms with Crippen LogP contribution >= 0.6 is 15.9 Å². The fourth-order valence-electron chi connectivity index (χ4n) is 2.94. The van der Waals surface area contributed by atoms with Gasteiger partial charge in [0.2, 0.25) is 0 Å². The lowest BCUT2D eigenvalue weighted by atomic mass is 9.79. The molecule has 0 radical (unpaired) electrons. The zero-order valence-electron chi connectivity index (χ0n) is 11.9. The fraction of sp³-hybridized carbons (Fsp3) is 0.562. The van der Waals surface area contributed by atoms with E-state index in [2.05, 4.69) is 15.9 Å². The smallest absolute Gasteiger partial charge is 0.140 e. The lowest BCUT2D eigenvalue weighted by molar-refractivity contribution is -0.123. The average Bonchev–Trinajstić information content (AvgIpc) is 2.47. The van der Waals surface area contributed by atoms with E-state index in [0.29, 0.717) is 18.1 Å². The molecule has 0 spiro atoms. The van der Waals surface area contributed by atoms with Gasteiger partial charge >= 0.3 is 0 Å². The van der Waals surface area contributed by atoms with Crippen molar-refractivity contribution in [3.05, 3.63) is 28.2 Å². The SMILES string of the molecule is COc1ccc(Br)cc1CC(=O)C1CCC(CN)CC1. The summed E-state index contributed by atoms with van der Waals surface area (Å²) in [5.74, 6) is 1.93. The fourth-order valence-corrected chi connectivity index (χ4v) is 3.35. The molecule has 1 aliphatic carbocycles. The largest absolute Gasteiger partial charge is 0.496 e. The Morgan fingerprint density at radius 1 is 1.35 bits per heavy atom. The van der Waals surface area contributed by atoms with Gasteiger partial charge in [-0.2, -0.15) is 0 Å². The quantitative estimate of drug-likeness (QED) is 0.894. The minimum Gasteiger partial charge on any atom is -0.496 e. The number of hydrogen-bond acceptors (Lipinski definition) is 3. The summed E-state index contributed by atoms with van der Waals surface area (Å²) in [6, 6.07) is 5.81.